The maximum Gasteiger partial charge on any atom is 0.244 e. The molecule has 5 nitrogen and oxygen atoms in total. The molecule has 23 heavy (non-hydrogen) atoms. The molecule has 2 aliphatic heterocycles. The zero-order chi connectivity index (χ0) is 16.4. The summed E-state index contributed by atoms with van der Waals surface area (Å²) < 4.78 is 23.6. The van der Waals surface area contributed by atoms with Crippen molar-refractivity contribution < 1.29 is 13.2 Å². The molecule has 2 fully saturated rings. The van der Waals surface area contributed by atoms with Crippen molar-refractivity contribution in [1.29, 1.82) is 0 Å². The van der Waals surface area contributed by atoms with Crippen LogP contribution in [0.2, 0.25) is 0 Å². The summed E-state index contributed by atoms with van der Waals surface area (Å²) in [6.07, 6.45) is 2.39. The minimum atomic E-state index is -2.95. The number of amides is 1. The Morgan fingerprint density at radius 2 is 1.74 bits per heavy atom. The molecule has 2 aliphatic rings. The van der Waals surface area contributed by atoms with Gasteiger partial charge < -0.3 is 4.90 Å². The van der Waals surface area contributed by atoms with Gasteiger partial charge in [0.2, 0.25) is 5.91 Å². The van der Waals surface area contributed by atoms with Crippen LogP contribution in [0.15, 0.2) is 24.3 Å². The molecule has 2 saturated heterocycles. The van der Waals surface area contributed by atoms with Crippen molar-refractivity contribution in [3.8, 4) is 0 Å². The van der Waals surface area contributed by atoms with Gasteiger partial charge in [0.05, 0.1) is 17.5 Å². The van der Waals surface area contributed by atoms with E-state index in [2.05, 4.69) is 4.90 Å². The number of carbonyl (C=O) groups excluding carboxylic acids is 1. The number of hydrogen-bond acceptors (Lipinski definition) is 4. The van der Waals surface area contributed by atoms with Gasteiger partial charge in [0.25, 0.3) is 0 Å². The third-order valence-corrected chi connectivity index (χ3v) is 6.50. The van der Waals surface area contributed by atoms with Crippen molar-refractivity contribution in [1.82, 2.24) is 4.90 Å². The molecule has 1 aromatic rings. The summed E-state index contributed by atoms with van der Waals surface area (Å²) in [6.45, 7) is 3.94. The van der Waals surface area contributed by atoms with Gasteiger partial charge in [-0.3, -0.25) is 9.69 Å². The van der Waals surface area contributed by atoms with E-state index in [0.717, 1.165) is 25.1 Å². The van der Waals surface area contributed by atoms with Gasteiger partial charge in [0.15, 0.2) is 9.84 Å². The maximum atomic E-state index is 12.9. The van der Waals surface area contributed by atoms with E-state index in [1.54, 1.807) is 0 Å². The molecule has 0 N–H and O–H groups in total. The van der Waals surface area contributed by atoms with E-state index in [-0.39, 0.29) is 23.5 Å². The molecule has 6 heteroatoms. The van der Waals surface area contributed by atoms with E-state index in [1.807, 2.05) is 36.1 Å². The van der Waals surface area contributed by atoms with Crippen molar-refractivity contribution in [2.75, 3.05) is 36.0 Å². The fourth-order valence-corrected chi connectivity index (χ4v) is 4.73. The van der Waals surface area contributed by atoms with Crippen LogP contribution in [0.5, 0.6) is 0 Å². The third kappa shape index (κ3) is 3.75. The van der Waals surface area contributed by atoms with Crippen LogP contribution in [0, 0.1) is 6.92 Å². The van der Waals surface area contributed by atoms with Gasteiger partial charge in [0.1, 0.15) is 0 Å². The predicted molar refractivity (Wildman–Crippen MR) is 91.4 cm³/mol. The quantitative estimate of drug-likeness (QED) is 0.823. The molecule has 126 valence electrons. The summed E-state index contributed by atoms with van der Waals surface area (Å²) in [5, 5.41) is 0. The van der Waals surface area contributed by atoms with Crippen LogP contribution in [0.25, 0.3) is 0 Å². The van der Waals surface area contributed by atoms with E-state index in [1.165, 1.54) is 5.56 Å². The van der Waals surface area contributed by atoms with Crippen molar-refractivity contribution in [3.05, 3.63) is 29.8 Å². The van der Waals surface area contributed by atoms with Crippen molar-refractivity contribution in [2.24, 2.45) is 0 Å². The average molecular weight is 336 g/mol. The lowest BCUT2D eigenvalue weighted by atomic mass is 10.0. The molecule has 1 atom stereocenters. The van der Waals surface area contributed by atoms with Crippen LogP contribution in [0.1, 0.15) is 24.8 Å². The fraction of sp³-hybridized carbons (Fsp3) is 0.588. The number of benzene rings is 1. The lowest BCUT2D eigenvalue weighted by Crippen LogP contribution is -2.53. The topological polar surface area (TPSA) is 57.7 Å². The largest absolute Gasteiger partial charge is 0.311 e. The van der Waals surface area contributed by atoms with E-state index < -0.39 is 9.84 Å². The molecule has 0 aliphatic carbocycles. The highest BCUT2D eigenvalue weighted by atomic mass is 32.2. The summed E-state index contributed by atoms with van der Waals surface area (Å²) in [5.74, 6) is 0.521. The molecule has 0 bridgehead atoms. The number of sulfone groups is 1. The Bertz CT molecular complexity index is 670. The van der Waals surface area contributed by atoms with Crippen molar-refractivity contribution in [2.45, 2.75) is 32.2 Å². The normalized spacial score (nSPS) is 26.0. The summed E-state index contributed by atoms with van der Waals surface area (Å²) in [4.78, 5) is 16.8. The molecular weight excluding hydrogens is 312 g/mol. The Kier molecular flexibility index (Phi) is 4.73. The SMILES string of the molecule is Cc1ccc(N2CCCC(N3CCCS(=O)(=O)CC3)C2=O)cc1. The van der Waals surface area contributed by atoms with Crippen LogP contribution in [-0.4, -0.2) is 56.4 Å². The minimum Gasteiger partial charge on any atom is -0.311 e. The Labute approximate surface area is 138 Å². The van der Waals surface area contributed by atoms with Gasteiger partial charge in [-0.25, -0.2) is 8.42 Å². The lowest BCUT2D eigenvalue weighted by Gasteiger charge is -2.38. The fourth-order valence-electron chi connectivity index (χ4n) is 3.45. The second-order valence-corrected chi connectivity index (χ2v) is 8.83. The molecule has 3 rings (SSSR count). The number of piperidine rings is 1. The van der Waals surface area contributed by atoms with Gasteiger partial charge in [-0.05, 0) is 44.9 Å². The highest BCUT2D eigenvalue weighted by Crippen LogP contribution is 2.25. The monoisotopic (exact) mass is 336 g/mol. The number of hydrogen-bond donors (Lipinski definition) is 0. The number of aryl methyl sites for hydroxylation is 1. The van der Waals surface area contributed by atoms with Crippen molar-refractivity contribution in [3.63, 3.8) is 0 Å². The minimum absolute atomic E-state index is 0.111. The summed E-state index contributed by atoms with van der Waals surface area (Å²) in [5.41, 5.74) is 2.11. The van der Waals surface area contributed by atoms with Crippen LogP contribution in [0.4, 0.5) is 5.69 Å². The predicted octanol–water partition coefficient (Wildman–Crippen LogP) is 1.61. The van der Waals surface area contributed by atoms with E-state index in [0.29, 0.717) is 19.5 Å². The van der Waals surface area contributed by atoms with E-state index in [4.69, 9.17) is 0 Å². The average Bonchev–Trinajstić information content (AvgIpc) is 2.69. The molecule has 1 amide bonds. The van der Waals surface area contributed by atoms with Gasteiger partial charge in [-0.15, -0.1) is 0 Å². The second-order valence-electron chi connectivity index (χ2n) is 6.52. The van der Waals surface area contributed by atoms with Crippen LogP contribution < -0.4 is 4.90 Å². The van der Waals surface area contributed by atoms with Crippen LogP contribution in [0.3, 0.4) is 0 Å². The highest BCUT2D eigenvalue weighted by Gasteiger charge is 2.35. The smallest absolute Gasteiger partial charge is 0.244 e. The van der Waals surface area contributed by atoms with Gasteiger partial charge >= 0.3 is 0 Å². The second kappa shape index (κ2) is 6.61. The molecule has 0 saturated carbocycles. The number of anilines is 1. The Morgan fingerprint density at radius 3 is 2.48 bits per heavy atom. The summed E-state index contributed by atoms with van der Waals surface area (Å²) >= 11 is 0. The lowest BCUT2D eigenvalue weighted by molar-refractivity contribution is -0.125. The van der Waals surface area contributed by atoms with E-state index in [9.17, 15) is 13.2 Å². The molecule has 0 aromatic heterocycles. The highest BCUT2D eigenvalue weighted by molar-refractivity contribution is 7.91. The first-order valence-electron chi connectivity index (χ1n) is 8.29. The summed E-state index contributed by atoms with van der Waals surface area (Å²) in [7, 11) is -2.95. The standard InChI is InChI=1S/C17H24N2O3S/c1-14-5-7-15(8-6-14)19-10-2-4-16(17(19)20)18-9-3-12-23(21,22)13-11-18/h5-8,16H,2-4,9-13H2,1H3. The van der Waals surface area contributed by atoms with E-state index >= 15 is 0 Å². The summed E-state index contributed by atoms with van der Waals surface area (Å²) in [6, 6.07) is 7.83. The molecule has 1 aromatic carbocycles. The Morgan fingerprint density at radius 1 is 1.00 bits per heavy atom. The first-order chi connectivity index (χ1) is 11.0. The first-order valence-corrected chi connectivity index (χ1v) is 10.1. The van der Waals surface area contributed by atoms with Crippen LogP contribution >= 0.6 is 0 Å². The molecule has 0 radical (unpaired) electrons. The zero-order valence-electron chi connectivity index (χ0n) is 13.6. The number of rotatable bonds is 2. The molecule has 1 unspecified atom stereocenters. The zero-order valence-corrected chi connectivity index (χ0v) is 14.4. The first kappa shape index (κ1) is 16.5. The number of carbonyl (C=O) groups is 1. The number of nitrogens with zero attached hydrogens (tertiary/aromatic N) is 2. The maximum absolute atomic E-state index is 12.9. The third-order valence-electron chi connectivity index (χ3n) is 4.79. The van der Waals surface area contributed by atoms with Gasteiger partial charge in [-0.2, -0.15) is 0 Å². The Hall–Kier alpha value is -1.40. The van der Waals surface area contributed by atoms with Crippen LogP contribution in [-0.2, 0) is 14.6 Å². The molecule has 0 spiro atoms. The molecule has 2 heterocycles. The van der Waals surface area contributed by atoms with Crippen molar-refractivity contribution >= 4 is 21.4 Å². The van der Waals surface area contributed by atoms with Gasteiger partial charge in [-0.1, -0.05) is 17.7 Å². The molecular formula is C17H24N2O3S. The Balaban J connectivity index is 1.75. The van der Waals surface area contributed by atoms with Gasteiger partial charge in [0, 0.05) is 18.8 Å².